The summed E-state index contributed by atoms with van der Waals surface area (Å²) in [5.74, 6) is 0.428. The Hall–Kier alpha value is -2.20. The summed E-state index contributed by atoms with van der Waals surface area (Å²) in [5.41, 5.74) is 2.08. The molecule has 0 aliphatic carbocycles. The number of hydrogen-bond donors (Lipinski definition) is 0. The molecule has 3 aromatic rings. The maximum absolute atomic E-state index is 14.0. The molecule has 2 aromatic heterocycles. The Morgan fingerprint density at radius 2 is 1.94 bits per heavy atom. The van der Waals surface area contributed by atoms with Gasteiger partial charge in [-0.25, -0.2) is 4.98 Å². The number of carbonyl (C=O) groups is 1. The molecule has 2 aliphatic rings. The highest BCUT2D eigenvalue weighted by molar-refractivity contribution is 8.00. The van der Waals surface area contributed by atoms with Gasteiger partial charge >= 0.3 is 0 Å². The Morgan fingerprint density at radius 1 is 1.20 bits per heavy atom. The maximum atomic E-state index is 14.0. The molecule has 1 fully saturated rings. The van der Waals surface area contributed by atoms with Crippen LogP contribution in [0.15, 0.2) is 40.3 Å². The first-order chi connectivity index (χ1) is 16.9. The largest absolute Gasteiger partial charge is 0.378 e. The van der Waals surface area contributed by atoms with Gasteiger partial charge in [-0.3, -0.25) is 14.2 Å². The number of hydrogen-bond acceptors (Lipinski definition) is 7. The smallest absolute Gasteiger partial charge is 0.263 e. The van der Waals surface area contributed by atoms with Crippen molar-refractivity contribution < 1.29 is 14.3 Å². The van der Waals surface area contributed by atoms with E-state index in [9.17, 15) is 9.59 Å². The quantitative estimate of drug-likeness (QED) is 0.367. The summed E-state index contributed by atoms with van der Waals surface area (Å²) in [6, 6.07) is 9.94. The van der Waals surface area contributed by atoms with Crippen molar-refractivity contribution in [2.75, 3.05) is 26.3 Å². The van der Waals surface area contributed by atoms with E-state index in [4.69, 9.17) is 14.5 Å². The third-order valence-electron chi connectivity index (χ3n) is 6.67. The molecule has 1 amide bonds. The van der Waals surface area contributed by atoms with Crippen LogP contribution in [0, 0.1) is 5.92 Å². The van der Waals surface area contributed by atoms with Crippen LogP contribution >= 0.6 is 23.1 Å². The molecule has 9 heteroatoms. The Morgan fingerprint density at radius 3 is 2.66 bits per heavy atom. The molecule has 2 atom stereocenters. The summed E-state index contributed by atoms with van der Waals surface area (Å²) in [5, 5.41) is 0.939. The van der Waals surface area contributed by atoms with Crippen LogP contribution in [0.2, 0.25) is 0 Å². The van der Waals surface area contributed by atoms with Crippen molar-refractivity contribution in [3.05, 3.63) is 56.7 Å². The van der Waals surface area contributed by atoms with Crippen molar-refractivity contribution >= 4 is 39.2 Å². The van der Waals surface area contributed by atoms with Crippen LogP contribution in [0.1, 0.15) is 36.8 Å². The second kappa shape index (κ2) is 10.4. The van der Waals surface area contributed by atoms with Crippen molar-refractivity contribution in [3.8, 4) is 0 Å². The predicted octanol–water partition coefficient (Wildman–Crippen LogP) is 3.94. The van der Waals surface area contributed by atoms with E-state index in [1.54, 1.807) is 15.9 Å². The van der Waals surface area contributed by atoms with E-state index in [1.807, 2.05) is 42.2 Å². The molecule has 0 unspecified atom stereocenters. The number of rotatable bonds is 6. The van der Waals surface area contributed by atoms with Crippen molar-refractivity contribution in [2.45, 2.75) is 56.9 Å². The molecule has 1 saturated heterocycles. The van der Waals surface area contributed by atoms with Crippen LogP contribution in [0.5, 0.6) is 0 Å². The normalized spacial score (nSPS) is 19.2. The molecule has 0 spiro atoms. The Labute approximate surface area is 213 Å². The Kier molecular flexibility index (Phi) is 7.29. The summed E-state index contributed by atoms with van der Waals surface area (Å²) in [6.45, 7) is 9.45. The monoisotopic (exact) mass is 513 g/mol. The van der Waals surface area contributed by atoms with Crippen LogP contribution in [-0.4, -0.2) is 58.0 Å². The number of thiophene rings is 1. The van der Waals surface area contributed by atoms with Crippen LogP contribution < -0.4 is 5.56 Å². The zero-order valence-corrected chi connectivity index (χ0v) is 22.0. The lowest BCUT2D eigenvalue weighted by molar-refractivity contribution is -0.134. The molecule has 0 saturated carbocycles. The summed E-state index contributed by atoms with van der Waals surface area (Å²) in [4.78, 5) is 35.7. The van der Waals surface area contributed by atoms with E-state index in [-0.39, 0.29) is 22.8 Å². The first kappa shape index (κ1) is 24.5. The van der Waals surface area contributed by atoms with Gasteiger partial charge in [0, 0.05) is 24.4 Å². The van der Waals surface area contributed by atoms with Crippen LogP contribution in [-0.2, 0) is 33.8 Å². The lowest BCUT2D eigenvalue weighted by atomic mass is 9.96. The highest BCUT2D eigenvalue weighted by Gasteiger charge is 2.30. The van der Waals surface area contributed by atoms with Crippen LogP contribution in [0.25, 0.3) is 10.2 Å². The number of benzene rings is 1. The Bertz CT molecular complexity index is 1270. The lowest BCUT2D eigenvalue weighted by Gasteiger charge is -2.29. The summed E-state index contributed by atoms with van der Waals surface area (Å²) in [7, 11) is 0. The average Bonchev–Trinajstić information content (AvgIpc) is 3.24. The average molecular weight is 514 g/mol. The molecule has 5 rings (SSSR count). The molecule has 35 heavy (non-hydrogen) atoms. The topological polar surface area (TPSA) is 73.7 Å². The van der Waals surface area contributed by atoms with Gasteiger partial charge < -0.3 is 14.4 Å². The molecule has 7 nitrogen and oxygen atoms in total. The summed E-state index contributed by atoms with van der Waals surface area (Å²) < 4.78 is 13.2. The summed E-state index contributed by atoms with van der Waals surface area (Å²) in [6.07, 6.45) is 0.829. The third-order valence-corrected chi connectivity index (χ3v) is 8.85. The van der Waals surface area contributed by atoms with Crippen molar-refractivity contribution in [2.24, 2.45) is 5.92 Å². The molecular formula is C26H31N3O4S2. The minimum absolute atomic E-state index is 0.0331. The molecular weight excluding hydrogens is 482 g/mol. The second-order valence-corrected chi connectivity index (χ2v) is 11.8. The standard InChI is InChI=1S/C26H31N3O4S2/c1-16(2)20-13-19-21(15-33-20)35-23-22(19)25(31)29(14-18-7-5-4-6-8-18)26(27-23)34-17(3)24(30)28-9-11-32-12-10-28/h4-8,16-17,20H,9-15H2,1-3H3/t17-,20-/m1/s1. The molecule has 186 valence electrons. The van der Waals surface area contributed by atoms with Gasteiger partial charge in [0.1, 0.15) is 4.83 Å². The summed E-state index contributed by atoms with van der Waals surface area (Å²) >= 11 is 2.91. The minimum atomic E-state index is -0.359. The van der Waals surface area contributed by atoms with Gasteiger partial charge in [-0.05, 0) is 24.0 Å². The molecule has 4 heterocycles. The zero-order chi connectivity index (χ0) is 24.5. The highest BCUT2D eigenvalue weighted by atomic mass is 32.2. The first-order valence-electron chi connectivity index (χ1n) is 12.2. The SMILES string of the molecule is CC(C)[C@H]1Cc2c(sc3nc(S[C@H](C)C(=O)N4CCOCC4)n(Cc4ccccc4)c(=O)c23)CO1. The van der Waals surface area contributed by atoms with Gasteiger partial charge in [-0.2, -0.15) is 0 Å². The minimum Gasteiger partial charge on any atom is -0.378 e. The fourth-order valence-corrected chi connectivity index (χ4v) is 6.77. The molecule has 1 aromatic carbocycles. The number of aromatic nitrogens is 2. The van der Waals surface area contributed by atoms with Crippen molar-refractivity contribution in [1.82, 2.24) is 14.5 Å². The number of ether oxygens (including phenoxy) is 2. The number of fused-ring (bicyclic) bond motifs is 3. The van der Waals surface area contributed by atoms with E-state index in [0.717, 1.165) is 27.3 Å². The van der Waals surface area contributed by atoms with E-state index < -0.39 is 0 Å². The number of nitrogens with zero attached hydrogens (tertiary/aromatic N) is 3. The van der Waals surface area contributed by atoms with Crippen LogP contribution in [0.4, 0.5) is 0 Å². The Balaban J connectivity index is 1.55. The first-order valence-corrected chi connectivity index (χ1v) is 13.9. The van der Waals surface area contributed by atoms with E-state index >= 15 is 0 Å². The van der Waals surface area contributed by atoms with E-state index in [1.165, 1.54) is 11.8 Å². The lowest BCUT2D eigenvalue weighted by Crippen LogP contribution is -2.44. The second-order valence-electron chi connectivity index (χ2n) is 9.45. The highest BCUT2D eigenvalue weighted by Crippen LogP contribution is 2.36. The fourth-order valence-electron chi connectivity index (χ4n) is 4.61. The van der Waals surface area contributed by atoms with Crippen molar-refractivity contribution in [1.29, 1.82) is 0 Å². The molecule has 0 radical (unpaired) electrons. The molecule has 0 bridgehead atoms. The van der Waals surface area contributed by atoms with Crippen molar-refractivity contribution in [3.63, 3.8) is 0 Å². The van der Waals surface area contributed by atoms with E-state index in [0.29, 0.717) is 55.9 Å². The number of amides is 1. The predicted molar refractivity (Wildman–Crippen MR) is 139 cm³/mol. The molecule has 2 aliphatic heterocycles. The van der Waals surface area contributed by atoms with Gasteiger partial charge in [0.25, 0.3) is 5.56 Å². The zero-order valence-electron chi connectivity index (χ0n) is 20.4. The third kappa shape index (κ3) is 5.05. The van der Waals surface area contributed by atoms with Crippen LogP contribution in [0.3, 0.4) is 0 Å². The number of thioether (sulfide) groups is 1. The van der Waals surface area contributed by atoms with Gasteiger partial charge in [-0.1, -0.05) is 55.9 Å². The number of carbonyl (C=O) groups excluding carboxylic acids is 1. The maximum Gasteiger partial charge on any atom is 0.263 e. The fraction of sp³-hybridized carbons (Fsp3) is 0.500. The van der Waals surface area contributed by atoms with Gasteiger partial charge in [0.2, 0.25) is 5.91 Å². The number of morpholine rings is 1. The van der Waals surface area contributed by atoms with Gasteiger partial charge in [-0.15, -0.1) is 11.3 Å². The van der Waals surface area contributed by atoms with Gasteiger partial charge in [0.05, 0.1) is 43.1 Å². The molecule has 0 N–H and O–H groups in total. The van der Waals surface area contributed by atoms with E-state index in [2.05, 4.69) is 13.8 Å². The van der Waals surface area contributed by atoms with Gasteiger partial charge in [0.15, 0.2) is 5.16 Å².